The van der Waals surface area contributed by atoms with E-state index < -0.39 is 35.0 Å². The molecule has 2 fully saturated rings. The van der Waals surface area contributed by atoms with Crippen LogP contribution in [0.1, 0.15) is 32.1 Å². The molecule has 18 heavy (non-hydrogen) atoms. The lowest BCUT2D eigenvalue weighted by Gasteiger charge is -2.33. The van der Waals surface area contributed by atoms with Crippen molar-refractivity contribution in [2.24, 2.45) is 11.3 Å². The lowest BCUT2D eigenvalue weighted by atomic mass is 9.68. The Hall–Kier alpha value is -1.49. The van der Waals surface area contributed by atoms with Gasteiger partial charge in [0.25, 0.3) is 0 Å². The Kier molecular flexibility index (Phi) is 3.34. The average Bonchev–Trinajstić information content (AvgIpc) is 2.49. The molecular formula is C13H17NO4. The van der Waals surface area contributed by atoms with Crippen LogP contribution in [-0.4, -0.2) is 28.8 Å². The Balaban J connectivity index is 2.47. The summed E-state index contributed by atoms with van der Waals surface area (Å²) in [6.45, 7) is 3.37. The summed E-state index contributed by atoms with van der Waals surface area (Å²) in [5, 5.41) is 12.4. The van der Waals surface area contributed by atoms with E-state index in [1.165, 1.54) is 0 Å². The van der Waals surface area contributed by atoms with Crippen LogP contribution in [0.25, 0.3) is 0 Å². The first-order valence-electron chi connectivity index (χ1n) is 6.23. The summed E-state index contributed by atoms with van der Waals surface area (Å²) in [6, 6.07) is 0. The largest absolute Gasteiger partial charge is 0.392 e. The zero-order chi connectivity index (χ0) is 13.3. The highest BCUT2D eigenvalue weighted by Crippen LogP contribution is 2.45. The third-order valence-electron chi connectivity index (χ3n) is 4.09. The first-order chi connectivity index (χ1) is 8.54. The monoisotopic (exact) mass is 251 g/mol. The molecule has 0 aromatic rings. The molecule has 1 heterocycles. The van der Waals surface area contributed by atoms with Crippen LogP contribution < -0.4 is 5.32 Å². The predicted molar refractivity (Wildman–Crippen MR) is 63.4 cm³/mol. The van der Waals surface area contributed by atoms with Crippen LogP contribution in [0.15, 0.2) is 12.7 Å². The molecule has 2 N–H and O–H groups in total. The van der Waals surface area contributed by atoms with E-state index in [2.05, 4.69) is 11.9 Å². The van der Waals surface area contributed by atoms with E-state index in [-0.39, 0.29) is 0 Å². The van der Waals surface area contributed by atoms with Crippen LogP contribution in [0.2, 0.25) is 0 Å². The number of carbonyl (C=O) groups is 3. The van der Waals surface area contributed by atoms with Crippen molar-refractivity contribution >= 4 is 17.6 Å². The molecule has 5 heteroatoms. The molecule has 1 aliphatic heterocycles. The summed E-state index contributed by atoms with van der Waals surface area (Å²) in [5.41, 5.74) is -1.28. The molecule has 2 aliphatic rings. The summed E-state index contributed by atoms with van der Waals surface area (Å²) < 4.78 is 0. The molecule has 0 aromatic carbocycles. The van der Waals surface area contributed by atoms with Gasteiger partial charge in [0.15, 0.2) is 5.78 Å². The van der Waals surface area contributed by atoms with Gasteiger partial charge in [-0.3, -0.25) is 19.7 Å². The number of rotatable bonds is 2. The Morgan fingerprint density at radius 2 is 2.11 bits per heavy atom. The molecule has 0 aromatic heterocycles. The second-order valence-electron chi connectivity index (χ2n) is 5.01. The summed E-state index contributed by atoms with van der Waals surface area (Å²) in [5.74, 6) is -2.72. The first kappa shape index (κ1) is 13.0. The SMILES string of the molecule is C=CC(=O)C1C(=O)NC(=O)C12CCCCCC2O. The van der Waals surface area contributed by atoms with Crippen molar-refractivity contribution in [3.8, 4) is 0 Å². The van der Waals surface area contributed by atoms with Gasteiger partial charge in [0.2, 0.25) is 11.8 Å². The van der Waals surface area contributed by atoms with Crippen LogP contribution >= 0.6 is 0 Å². The van der Waals surface area contributed by atoms with Crippen molar-refractivity contribution in [2.45, 2.75) is 38.2 Å². The third-order valence-corrected chi connectivity index (χ3v) is 4.09. The highest BCUT2D eigenvalue weighted by molar-refractivity contribution is 6.19. The molecule has 1 saturated heterocycles. The zero-order valence-electron chi connectivity index (χ0n) is 10.1. The minimum absolute atomic E-state index is 0.371. The van der Waals surface area contributed by atoms with Gasteiger partial charge >= 0.3 is 0 Å². The van der Waals surface area contributed by atoms with Crippen molar-refractivity contribution in [3.63, 3.8) is 0 Å². The average molecular weight is 251 g/mol. The van der Waals surface area contributed by atoms with Gasteiger partial charge in [-0.25, -0.2) is 0 Å². The fourth-order valence-corrected chi connectivity index (χ4v) is 3.12. The van der Waals surface area contributed by atoms with E-state index in [4.69, 9.17) is 0 Å². The summed E-state index contributed by atoms with van der Waals surface area (Å²) >= 11 is 0. The van der Waals surface area contributed by atoms with Crippen LogP contribution in [0.5, 0.6) is 0 Å². The fourth-order valence-electron chi connectivity index (χ4n) is 3.12. The van der Waals surface area contributed by atoms with Crippen molar-refractivity contribution in [1.29, 1.82) is 0 Å². The van der Waals surface area contributed by atoms with Gasteiger partial charge < -0.3 is 5.11 Å². The normalized spacial score (nSPS) is 36.3. The Morgan fingerprint density at radius 1 is 1.39 bits per heavy atom. The standard InChI is InChI=1S/C13H17NO4/c1-2-8(15)10-11(17)14-12(18)13(10)7-5-3-4-6-9(13)16/h2,9-10,16H,1,3-7H2,(H,14,17,18). The van der Waals surface area contributed by atoms with Gasteiger partial charge in [-0.2, -0.15) is 0 Å². The van der Waals surface area contributed by atoms with Gasteiger partial charge in [-0.15, -0.1) is 0 Å². The molecule has 5 nitrogen and oxygen atoms in total. The molecule has 1 spiro atoms. The van der Waals surface area contributed by atoms with Crippen LogP contribution in [0.3, 0.4) is 0 Å². The Morgan fingerprint density at radius 3 is 2.78 bits per heavy atom. The second kappa shape index (κ2) is 4.65. The van der Waals surface area contributed by atoms with Crippen LogP contribution in [0, 0.1) is 11.3 Å². The van der Waals surface area contributed by atoms with E-state index >= 15 is 0 Å². The smallest absolute Gasteiger partial charge is 0.238 e. The topological polar surface area (TPSA) is 83.5 Å². The number of allylic oxidation sites excluding steroid dienone is 1. The van der Waals surface area contributed by atoms with Gasteiger partial charge in [-0.1, -0.05) is 25.8 Å². The lowest BCUT2D eigenvalue weighted by Crippen LogP contribution is -2.47. The fraction of sp³-hybridized carbons (Fsp3) is 0.615. The first-order valence-corrected chi connectivity index (χ1v) is 6.23. The number of hydrogen-bond donors (Lipinski definition) is 2. The van der Waals surface area contributed by atoms with E-state index in [9.17, 15) is 19.5 Å². The number of ketones is 1. The number of carbonyl (C=O) groups excluding carboxylic acids is 3. The molecule has 3 unspecified atom stereocenters. The number of amides is 2. The summed E-state index contributed by atoms with van der Waals surface area (Å²) in [7, 11) is 0. The predicted octanol–water partition coefficient (Wildman–Crippen LogP) is 0.325. The number of aliphatic hydroxyl groups is 1. The van der Waals surface area contributed by atoms with Crippen molar-refractivity contribution in [1.82, 2.24) is 5.32 Å². The molecule has 2 amide bonds. The summed E-state index contributed by atoms with van der Waals surface area (Å²) in [6.07, 6.45) is 3.37. The van der Waals surface area contributed by atoms with Crippen LogP contribution in [-0.2, 0) is 14.4 Å². The number of aliphatic hydroxyl groups excluding tert-OH is 1. The van der Waals surface area contributed by atoms with Crippen molar-refractivity contribution < 1.29 is 19.5 Å². The number of imide groups is 1. The number of hydrogen-bond acceptors (Lipinski definition) is 4. The Labute approximate surface area is 105 Å². The Bertz CT molecular complexity index is 417. The minimum Gasteiger partial charge on any atom is -0.392 e. The highest BCUT2D eigenvalue weighted by atomic mass is 16.3. The minimum atomic E-state index is -1.28. The van der Waals surface area contributed by atoms with Gasteiger partial charge in [0.05, 0.1) is 11.5 Å². The molecule has 0 radical (unpaired) electrons. The maximum atomic E-state index is 12.1. The molecule has 98 valence electrons. The number of nitrogens with one attached hydrogen (secondary N) is 1. The molecular weight excluding hydrogens is 234 g/mol. The maximum absolute atomic E-state index is 12.1. The van der Waals surface area contributed by atoms with E-state index in [0.717, 1.165) is 25.3 Å². The molecule has 2 rings (SSSR count). The summed E-state index contributed by atoms with van der Waals surface area (Å²) in [4.78, 5) is 35.7. The van der Waals surface area contributed by atoms with Gasteiger partial charge in [0.1, 0.15) is 5.92 Å². The quantitative estimate of drug-likeness (QED) is 0.421. The maximum Gasteiger partial charge on any atom is 0.238 e. The van der Waals surface area contributed by atoms with Gasteiger partial charge in [-0.05, 0) is 18.9 Å². The second-order valence-corrected chi connectivity index (χ2v) is 5.01. The molecule has 1 saturated carbocycles. The molecule has 3 atom stereocenters. The van der Waals surface area contributed by atoms with E-state index in [1.54, 1.807) is 0 Å². The molecule has 0 bridgehead atoms. The van der Waals surface area contributed by atoms with Crippen molar-refractivity contribution in [3.05, 3.63) is 12.7 Å². The lowest BCUT2D eigenvalue weighted by molar-refractivity contribution is -0.144. The van der Waals surface area contributed by atoms with Crippen molar-refractivity contribution in [2.75, 3.05) is 0 Å². The van der Waals surface area contributed by atoms with E-state index in [0.29, 0.717) is 12.8 Å². The zero-order valence-corrected chi connectivity index (χ0v) is 10.1. The third kappa shape index (κ3) is 1.70. The molecule has 1 aliphatic carbocycles. The van der Waals surface area contributed by atoms with E-state index in [1.807, 2.05) is 0 Å². The highest BCUT2D eigenvalue weighted by Gasteiger charge is 2.61. The van der Waals surface area contributed by atoms with Gasteiger partial charge in [0, 0.05) is 0 Å². The van der Waals surface area contributed by atoms with Crippen LogP contribution in [0.4, 0.5) is 0 Å².